The van der Waals surface area contributed by atoms with Gasteiger partial charge in [0.15, 0.2) is 4.34 Å². The first-order chi connectivity index (χ1) is 14.1. The molecule has 0 unspecified atom stereocenters. The predicted molar refractivity (Wildman–Crippen MR) is 115 cm³/mol. The van der Waals surface area contributed by atoms with Gasteiger partial charge in [-0.25, -0.2) is 0 Å². The molecule has 1 amide bonds. The molecule has 10 heteroatoms. The normalized spacial score (nSPS) is 10.3. The maximum Gasteiger partial charge on any atom is 0.234 e. The highest BCUT2D eigenvalue weighted by Gasteiger charge is 2.12. The molecule has 1 aromatic heterocycles. The van der Waals surface area contributed by atoms with E-state index in [4.69, 9.17) is 14.2 Å². The van der Waals surface area contributed by atoms with Crippen molar-refractivity contribution < 1.29 is 19.0 Å². The third kappa shape index (κ3) is 5.52. The molecule has 0 radical (unpaired) electrons. The van der Waals surface area contributed by atoms with Crippen LogP contribution in [0, 0.1) is 0 Å². The number of ether oxygens (including phenoxy) is 3. The lowest BCUT2D eigenvalue weighted by molar-refractivity contribution is -0.113. The van der Waals surface area contributed by atoms with E-state index < -0.39 is 0 Å². The topological polar surface area (TPSA) is 94.6 Å². The van der Waals surface area contributed by atoms with Crippen molar-refractivity contribution in [3.8, 4) is 17.2 Å². The first-order valence-electron chi connectivity index (χ1n) is 8.51. The van der Waals surface area contributed by atoms with Crippen LogP contribution in [-0.2, 0) is 4.79 Å². The zero-order valence-corrected chi connectivity index (χ0v) is 17.7. The van der Waals surface area contributed by atoms with Crippen molar-refractivity contribution in [1.82, 2.24) is 10.2 Å². The summed E-state index contributed by atoms with van der Waals surface area (Å²) in [4.78, 5) is 12.3. The summed E-state index contributed by atoms with van der Waals surface area (Å²) >= 11 is 2.67. The van der Waals surface area contributed by atoms with E-state index in [-0.39, 0.29) is 11.7 Å². The second kappa shape index (κ2) is 9.99. The number of thioether (sulfide) groups is 1. The molecule has 2 N–H and O–H groups in total. The lowest BCUT2D eigenvalue weighted by Crippen LogP contribution is -2.14. The minimum absolute atomic E-state index is 0.173. The number of carbonyl (C=O) groups excluding carboxylic acids is 1. The first kappa shape index (κ1) is 20.7. The minimum atomic E-state index is -0.173. The highest BCUT2D eigenvalue weighted by atomic mass is 32.2. The van der Waals surface area contributed by atoms with Gasteiger partial charge < -0.3 is 24.8 Å². The molecular weight excluding hydrogens is 412 g/mol. The molecule has 0 fully saturated rings. The van der Waals surface area contributed by atoms with Gasteiger partial charge in [0.25, 0.3) is 0 Å². The lowest BCUT2D eigenvalue weighted by atomic mass is 10.2. The molecule has 0 bridgehead atoms. The van der Waals surface area contributed by atoms with Gasteiger partial charge in [-0.2, -0.15) is 0 Å². The average molecular weight is 433 g/mol. The molecule has 0 aliphatic heterocycles. The number of rotatable bonds is 9. The van der Waals surface area contributed by atoms with Crippen LogP contribution in [0.5, 0.6) is 17.2 Å². The predicted octanol–water partition coefficient (Wildman–Crippen LogP) is 4.04. The quantitative estimate of drug-likeness (QED) is 0.489. The van der Waals surface area contributed by atoms with Crippen LogP contribution in [0.15, 0.2) is 46.8 Å². The van der Waals surface area contributed by atoms with Crippen LogP contribution in [-0.4, -0.2) is 43.2 Å². The van der Waals surface area contributed by atoms with Crippen LogP contribution < -0.4 is 24.8 Å². The number of hydrogen-bond acceptors (Lipinski definition) is 9. The van der Waals surface area contributed by atoms with E-state index in [9.17, 15) is 4.79 Å². The van der Waals surface area contributed by atoms with Gasteiger partial charge in [-0.3, -0.25) is 4.79 Å². The fourth-order valence-corrected chi connectivity index (χ4v) is 3.96. The van der Waals surface area contributed by atoms with Gasteiger partial charge in [-0.15, -0.1) is 10.2 Å². The number of amides is 1. The van der Waals surface area contributed by atoms with Crippen molar-refractivity contribution in [3.63, 3.8) is 0 Å². The number of methoxy groups -OCH3 is 3. The SMILES string of the molecule is COc1ccc(NC(=O)CSc2nnc(Nc3ccccc3OC)s2)c(OC)c1. The molecule has 2 aromatic carbocycles. The zero-order chi connectivity index (χ0) is 20.6. The number of carbonyl (C=O) groups is 1. The Bertz CT molecular complexity index is 980. The van der Waals surface area contributed by atoms with Crippen LogP contribution >= 0.6 is 23.1 Å². The molecule has 0 spiro atoms. The van der Waals surface area contributed by atoms with Crippen LogP contribution in [0.2, 0.25) is 0 Å². The molecule has 0 aliphatic rings. The van der Waals surface area contributed by atoms with Gasteiger partial charge in [0, 0.05) is 6.07 Å². The van der Waals surface area contributed by atoms with Gasteiger partial charge in [-0.05, 0) is 24.3 Å². The van der Waals surface area contributed by atoms with Gasteiger partial charge in [0.1, 0.15) is 17.2 Å². The van der Waals surface area contributed by atoms with E-state index in [1.807, 2.05) is 24.3 Å². The van der Waals surface area contributed by atoms with Crippen LogP contribution in [0.3, 0.4) is 0 Å². The molecule has 0 atom stereocenters. The Labute approximate surface area is 176 Å². The highest BCUT2D eigenvalue weighted by molar-refractivity contribution is 8.01. The number of para-hydroxylation sites is 2. The van der Waals surface area contributed by atoms with Crippen molar-refractivity contribution in [1.29, 1.82) is 0 Å². The second-order valence-electron chi connectivity index (χ2n) is 5.60. The van der Waals surface area contributed by atoms with Crippen molar-refractivity contribution in [2.24, 2.45) is 0 Å². The maximum atomic E-state index is 12.3. The number of anilines is 3. The van der Waals surface area contributed by atoms with Gasteiger partial charge in [0.2, 0.25) is 11.0 Å². The Kier molecular flexibility index (Phi) is 7.14. The molecule has 8 nitrogen and oxygen atoms in total. The van der Waals surface area contributed by atoms with E-state index >= 15 is 0 Å². The summed E-state index contributed by atoms with van der Waals surface area (Å²) in [5.74, 6) is 1.91. The summed E-state index contributed by atoms with van der Waals surface area (Å²) in [6.07, 6.45) is 0. The monoisotopic (exact) mass is 432 g/mol. The minimum Gasteiger partial charge on any atom is -0.497 e. The molecule has 1 heterocycles. The standard InChI is InChI=1S/C19H20N4O4S2/c1-25-12-8-9-14(16(10-12)27-3)20-17(24)11-28-19-23-22-18(29-19)21-13-6-4-5-7-15(13)26-2/h4-10H,11H2,1-3H3,(H,20,24)(H,21,22). The largest absolute Gasteiger partial charge is 0.497 e. The number of nitrogens with one attached hydrogen (secondary N) is 2. The van der Waals surface area contributed by atoms with E-state index in [2.05, 4.69) is 20.8 Å². The Morgan fingerprint density at radius 2 is 1.79 bits per heavy atom. The molecular formula is C19H20N4O4S2. The van der Waals surface area contributed by atoms with Crippen LogP contribution in [0.1, 0.15) is 0 Å². The van der Waals surface area contributed by atoms with Crippen LogP contribution in [0.4, 0.5) is 16.5 Å². The Hall–Kier alpha value is -2.98. The molecule has 3 aromatic rings. The van der Waals surface area contributed by atoms with Crippen molar-refractivity contribution in [2.45, 2.75) is 4.34 Å². The van der Waals surface area contributed by atoms with E-state index in [0.717, 1.165) is 5.69 Å². The first-order valence-corrected chi connectivity index (χ1v) is 10.3. The Morgan fingerprint density at radius 1 is 1.00 bits per heavy atom. The average Bonchev–Trinajstić information content (AvgIpc) is 3.20. The summed E-state index contributed by atoms with van der Waals surface area (Å²) in [6, 6.07) is 12.7. The Morgan fingerprint density at radius 3 is 2.55 bits per heavy atom. The number of benzene rings is 2. The number of hydrogen-bond donors (Lipinski definition) is 2. The van der Waals surface area contributed by atoms with Crippen molar-refractivity contribution in [2.75, 3.05) is 37.7 Å². The summed E-state index contributed by atoms with van der Waals surface area (Å²) in [6.45, 7) is 0. The summed E-state index contributed by atoms with van der Waals surface area (Å²) < 4.78 is 16.4. The third-order valence-electron chi connectivity index (χ3n) is 3.76. The van der Waals surface area contributed by atoms with Gasteiger partial charge in [0.05, 0.1) is 38.5 Å². The smallest absolute Gasteiger partial charge is 0.234 e. The van der Waals surface area contributed by atoms with E-state index in [0.29, 0.717) is 32.4 Å². The lowest BCUT2D eigenvalue weighted by Gasteiger charge is -2.11. The fraction of sp³-hybridized carbons (Fsp3) is 0.211. The molecule has 3 rings (SSSR count). The fourth-order valence-electron chi connectivity index (χ4n) is 2.40. The van der Waals surface area contributed by atoms with E-state index in [1.165, 1.54) is 30.2 Å². The molecule has 29 heavy (non-hydrogen) atoms. The third-order valence-corrected chi connectivity index (χ3v) is 5.74. The van der Waals surface area contributed by atoms with Gasteiger partial charge in [-0.1, -0.05) is 35.2 Å². The number of nitrogens with zero attached hydrogens (tertiary/aromatic N) is 2. The second-order valence-corrected chi connectivity index (χ2v) is 7.80. The van der Waals surface area contributed by atoms with Crippen molar-refractivity contribution >= 4 is 45.5 Å². The summed E-state index contributed by atoms with van der Waals surface area (Å²) in [5.41, 5.74) is 1.38. The zero-order valence-electron chi connectivity index (χ0n) is 16.1. The molecule has 152 valence electrons. The number of aromatic nitrogens is 2. The summed E-state index contributed by atoms with van der Waals surface area (Å²) in [5, 5.41) is 14.8. The summed E-state index contributed by atoms with van der Waals surface area (Å²) in [7, 11) is 4.72. The van der Waals surface area contributed by atoms with E-state index in [1.54, 1.807) is 32.4 Å². The maximum absolute atomic E-state index is 12.3. The van der Waals surface area contributed by atoms with Crippen molar-refractivity contribution in [3.05, 3.63) is 42.5 Å². The highest BCUT2D eigenvalue weighted by Crippen LogP contribution is 2.32. The molecule has 0 saturated carbocycles. The molecule has 0 saturated heterocycles. The Balaban J connectivity index is 1.56. The van der Waals surface area contributed by atoms with Gasteiger partial charge >= 0.3 is 0 Å². The van der Waals surface area contributed by atoms with Crippen LogP contribution in [0.25, 0.3) is 0 Å². The molecule has 0 aliphatic carbocycles.